The third kappa shape index (κ3) is 6.12. The lowest BCUT2D eigenvalue weighted by atomic mass is 10.2. The molecular formula is C23H22N2O3S. The third-order valence-corrected chi connectivity index (χ3v) is 5.09. The molecule has 0 saturated carbocycles. The molecular weight excluding hydrogens is 384 g/mol. The molecule has 5 nitrogen and oxygen atoms in total. The van der Waals surface area contributed by atoms with Gasteiger partial charge >= 0.3 is 0 Å². The predicted molar refractivity (Wildman–Crippen MR) is 117 cm³/mol. The Morgan fingerprint density at radius 2 is 1.55 bits per heavy atom. The zero-order chi connectivity index (χ0) is 20.6. The second kappa shape index (κ2) is 9.80. The van der Waals surface area contributed by atoms with Gasteiger partial charge in [0, 0.05) is 30.2 Å². The molecule has 6 heteroatoms. The van der Waals surface area contributed by atoms with Gasteiger partial charge in [0.15, 0.2) is 0 Å². The molecule has 29 heavy (non-hydrogen) atoms. The summed E-state index contributed by atoms with van der Waals surface area (Å²) in [6, 6.07) is 24.1. The molecule has 2 amide bonds. The van der Waals surface area contributed by atoms with Gasteiger partial charge in [-0.25, -0.2) is 0 Å². The van der Waals surface area contributed by atoms with Crippen LogP contribution in [0.2, 0.25) is 0 Å². The summed E-state index contributed by atoms with van der Waals surface area (Å²) in [4.78, 5) is 26.5. The number of carbonyl (C=O) groups excluding carboxylic acids is 2. The zero-order valence-corrected chi connectivity index (χ0v) is 17.1. The number of nitrogens with zero attached hydrogens (tertiary/aromatic N) is 1. The van der Waals surface area contributed by atoms with E-state index in [1.807, 2.05) is 42.5 Å². The summed E-state index contributed by atoms with van der Waals surface area (Å²) in [5.74, 6) is 0.502. The van der Waals surface area contributed by atoms with Crippen molar-refractivity contribution < 1.29 is 14.3 Å². The van der Waals surface area contributed by atoms with Crippen molar-refractivity contribution in [2.45, 2.75) is 11.5 Å². The van der Waals surface area contributed by atoms with Crippen LogP contribution in [-0.2, 0) is 6.61 Å². The first-order valence-electron chi connectivity index (χ1n) is 9.08. The number of benzene rings is 3. The molecule has 0 aliphatic rings. The quantitative estimate of drug-likeness (QED) is 0.565. The minimum atomic E-state index is -0.204. The lowest BCUT2D eigenvalue weighted by molar-refractivity contribution is 0.102. The summed E-state index contributed by atoms with van der Waals surface area (Å²) in [6.07, 6.45) is 0. The summed E-state index contributed by atoms with van der Waals surface area (Å²) in [5.41, 5.74) is 2.29. The maximum atomic E-state index is 12.4. The Balaban J connectivity index is 1.54. The van der Waals surface area contributed by atoms with Crippen molar-refractivity contribution in [3.8, 4) is 5.75 Å². The number of ether oxygens (including phenoxy) is 1. The first-order chi connectivity index (χ1) is 14.0. The fourth-order valence-corrected chi connectivity index (χ4v) is 3.10. The molecule has 0 saturated heterocycles. The van der Waals surface area contributed by atoms with E-state index >= 15 is 0 Å². The van der Waals surface area contributed by atoms with Crippen LogP contribution in [0.5, 0.6) is 5.75 Å². The molecule has 3 aromatic carbocycles. The normalized spacial score (nSPS) is 10.3. The van der Waals surface area contributed by atoms with Crippen LogP contribution in [0, 0.1) is 0 Å². The van der Waals surface area contributed by atoms with Gasteiger partial charge in [0.2, 0.25) is 0 Å². The topological polar surface area (TPSA) is 58.6 Å². The summed E-state index contributed by atoms with van der Waals surface area (Å²) >= 11 is 1.14. The summed E-state index contributed by atoms with van der Waals surface area (Å²) in [5, 5.41) is 2.81. The third-order valence-electron chi connectivity index (χ3n) is 4.05. The molecule has 0 unspecified atom stereocenters. The molecule has 148 valence electrons. The van der Waals surface area contributed by atoms with E-state index in [1.165, 1.54) is 4.90 Å². The zero-order valence-electron chi connectivity index (χ0n) is 16.3. The monoisotopic (exact) mass is 406 g/mol. The van der Waals surface area contributed by atoms with Crippen molar-refractivity contribution in [2.24, 2.45) is 0 Å². The number of hydrogen-bond donors (Lipinski definition) is 1. The molecule has 0 heterocycles. The summed E-state index contributed by atoms with van der Waals surface area (Å²) in [7, 11) is 3.42. The Bertz CT molecular complexity index is 956. The Kier molecular flexibility index (Phi) is 6.92. The first kappa shape index (κ1) is 20.5. The average molecular weight is 407 g/mol. The van der Waals surface area contributed by atoms with Crippen LogP contribution >= 0.6 is 11.8 Å². The van der Waals surface area contributed by atoms with Gasteiger partial charge in [-0.2, -0.15) is 0 Å². The number of anilines is 1. The Hall–Kier alpha value is -3.25. The van der Waals surface area contributed by atoms with Crippen molar-refractivity contribution in [3.05, 3.63) is 90.0 Å². The summed E-state index contributed by atoms with van der Waals surface area (Å²) < 4.78 is 5.74. The van der Waals surface area contributed by atoms with Crippen LogP contribution in [0.3, 0.4) is 0 Å². The second-order valence-electron chi connectivity index (χ2n) is 6.54. The molecule has 3 aromatic rings. The standard InChI is InChI=1S/C23H22N2O3S/c1-25(2)23(27)29-21-14-10-19(11-15-21)24-22(26)18-8-12-20(13-9-18)28-16-17-6-4-3-5-7-17/h3-15H,16H2,1-2H3,(H,24,26). The predicted octanol–water partition coefficient (Wildman–Crippen LogP) is 5.29. The van der Waals surface area contributed by atoms with Gasteiger partial charge in [0.05, 0.1) is 0 Å². The molecule has 0 bridgehead atoms. The van der Waals surface area contributed by atoms with E-state index in [2.05, 4.69) is 5.32 Å². The molecule has 0 radical (unpaired) electrons. The molecule has 0 atom stereocenters. The largest absolute Gasteiger partial charge is 0.489 e. The molecule has 3 rings (SSSR count). The highest BCUT2D eigenvalue weighted by Crippen LogP contribution is 2.23. The molecule has 1 N–H and O–H groups in total. The lowest BCUT2D eigenvalue weighted by Crippen LogP contribution is -2.16. The van der Waals surface area contributed by atoms with Gasteiger partial charge < -0.3 is 15.0 Å². The Morgan fingerprint density at radius 1 is 0.897 bits per heavy atom. The fraction of sp³-hybridized carbons (Fsp3) is 0.130. The van der Waals surface area contributed by atoms with Gasteiger partial charge in [0.1, 0.15) is 12.4 Å². The Labute approximate surface area is 174 Å². The van der Waals surface area contributed by atoms with E-state index in [-0.39, 0.29) is 11.1 Å². The van der Waals surface area contributed by atoms with Crippen molar-refractivity contribution in [1.82, 2.24) is 4.90 Å². The second-order valence-corrected chi connectivity index (χ2v) is 7.56. The van der Waals surface area contributed by atoms with Crippen LogP contribution in [0.15, 0.2) is 83.8 Å². The number of rotatable bonds is 6. The highest BCUT2D eigenvalue weighted by Gasteiger charge is 2.09. The van der Waals surface area contributed by atoms with Crippen molar-refractivity contribution in [3.63, 3.8) is 0 Å². The smallest absolute Gasteiger partial charge is 0.285 e. The van der Waals surface area contributed by atoms with Gasteiger partial charge in [0.25, 0.3) is 11.1 Å². The van der Waals surface area contributed by atoms with Crippen LogP contribution in [0.1, 0.15) is 15.9 Å². The van der Waals surface area contributed by atoms with Crippen LogP contribution < -0.4 is 10.1 Å². The van der Waals surface area contributed by atoms with Crippen molar-refractivity contribution in [2.75, 3.05) is 19.4 Å². The lowest BCUT2D eigenvalue weighted by Gasteiger charge is -2.10. The molecule has 0 aliphatic carbocycles. The number of thioether (sulfide) groups is 1. The number of hydrogen-bond acceptors (Lipinski definition) is 4. The molecule has 0 aromatic heterocycles. The molecule has 0 fully saturated rings. The van der Waals surface area contributed by atoms with Gasteiger partial charge in [-0.15, -0.1) is 0 Å². The van der Waals surface area contributed by atoms with E-state index in [1.54, 1.807) is 50.5 Å². The molecule has 0 spiro atoms. The van der Waals surface area contributed by atoms with E-state index in [9.17, 15) is 9.59 Å². The van der Waals surface area contributed by atoms with E-state index in [0.29, 0.717) is 23.6 Å². The van der Waals surface area contributed by atoms with Crippen LogP contribution in [0.25, 0.3) is 0 Å². The fourth-order valence-electron chi connectivity index (χ4n) is 2.45. The van der Waals surface area contributed by atoms with Gasteiger partial charge in [-0.1, -0.05) is 30.3 Å². The average Bonchev–Trinajstić information content (AvgIpc) is 2.74. The van der Waals surface area contributed by atoms with E-state index in [0.717, 1.165) is 22.2 Å². The minimum Gasteiger partial charge on any atom is -0.489 e. The minimum absolute atomic E-state index is 0.0450. The maximum Gasteiger partial charge on any atom is 0.285 e. The van der Waals surface area contributed by atoms with Gasteiger partial charge in [-0.3, -0.25) is 9.59 Å². The van der Waals surface area contributed by atoms with Crippen molar-refractivity contribution >= 4 is 28.6 Å². The van der Waals surface area contributed by atoms with Gasteiger partial charge in [-0.05, 0) is 65.9 Å². The highest BCUT2D eigenvalue weighted by molar-refractivity contribution is 8.13. The maximum absolute atomic E-state index is 12.4. The van der Waals surface area contributed by atoms with Crippen LogP contribution in [0.4, 0.5) is 10.5 Å². The first-order valence-corrected chi connectivity index (χ1v) is 9.90. The van der Waals surface area contributed by atoms with E-state index in [4.69, 9.17) is 4.74 Å². The molecule has 0 aliphatic heterocycles. The van der Waals surface area contributed by atoms with Crippen LogP contribution in [-0.4, -0.2) is 30.1 Å². The highest BCUT2D eigenvalue weighted by atomic mass is 32.2. The van der Waals surface area contributed by atoms with E-state index < -0.39 is 0 Å². The number of carbonyl (C=O) groups is 2. The number of nitrogens with one attached hydrogen (secondary N) is 1. The SMILES string of the molecule is CN(C)C(=O)Sc1ccc(NC(=O)c2ccc(OCc3ccccc3)cc2)cc1. The van der Waals surface area contributed by atoms with Crippen molar-refractivity contribution in [1.29, 1.82) is 0 Å². The Morgan fingerprint density at radius 3 is 2.17 bits per heavy atom. The summed E-state index contributed by atoms with van der Waals surface area (Å²) in [6.45, 7) is 0.479. The number of amides is 2.